The highest BCUT2D eigenvalue weighted by Gasteiger charge is 2.27. The molecule has 1 aliphatic rings. The minimum atomic E-state index is 0.250. The van der Waals surface area contributed by atoms with Gasteiger partial charge in [-0.1, -0.05) is 6.42 Å². The highest BCUT2D eigenvalue weighted by molar-refractivity contribution is 7.11. The molecule has 13 heavy (non-hydrogen) atoms. The third-order valence-corrected chi connectivity index (χ3v) is 4.07. The second kappa shape index (κ2) is 3.39. The quantitative estimate of drug-likeness (QED) is 0.789. The van der Waals surface area contributed by atoms with Crippen LogP contribution >= 0.6 is 11.3 Å². The molecule has 0 bridgehead atoms. The van der Waals surface area contributed by atoms with E-state index in [1.54, 1.807) is 11.3 Å². The SMILES string of the molecule is Cc1nc(C)c(C(N)C2CCC2)s1. The number of hydrogen-bond donors (Lipinski definition) is 1. The van der Waals surface area contributed by atoms with Crippen LogP contribution in [0.5, 0.6) is 0 Å². The van der Waals surface area contributed by atoms with E-state index >= 15 is 0 Å². The lowest BCUT2D eigenvalue weighted by Gasteiger charge is -2.30. The van der Waals surface area contributed by atoms with Gasteiger partial charge in [0.05, 0.1) is 10.7 Å². The van der Waals surface area contributed by atoms with Crippen LogP contribution in [0, 0.1) is 19.8 Å². The van der Waals surface area contributed by atoms with Gasteiger partial charge in [0.2, 0.25) is 0 Å². The summed E-state index contributed by atoms with van der Waals surface area (Å²) in [5.74, 6) is 0.721. The Labute approximate surface area is 83.2 Å². The molecule has 0 saturated heterocycles. The first-order valence-electron chi connectivity index (χ1n) is 4.88. The molecule has 1 fully saturated rings. The number of nitrogens with zero attached hydrogens (tertiary/aromatic N) is 1. The van der Waals surface area contributed by atoms with Gasteiger partial charge in [-0.25, -0.2) is 4.98 Å². The topological polar surface area (TPSA) is 38.9 Å². The molecule has 0 radical (unpaired) electrons. The van der Waals surface area contributed by atoms with E-state index in [4.69, 9.17) is 5.73 Å². The van der Waals surface area contributed by atoms with Gasteiger partial charge in [-0.2, -0.15) is 0 Å². The molecule has 1 atom stereocenters. The zero-order chi connectivity index (χ0) is 9.42. The van der Waals surface area contributed by atoms with Crippen LogP contribution in [0.1, 0.15) is 40.9 Å². The molecule has 0 spiro atoms. The van der Waals surface area contributed by atoms with Crippen molar-refractivity contribution >= 4 is 11.3 Å². The van der Waals surface area contributed by atoms with Gasteiger partial charge in [-0.05, 0) is 32.6 Å². The van der Waals surface area contributed by atoms with Gasteiger partial charge in [0.15, 0.2) is 0 Å². The maximum atomic E-state index is 6.18. The smallest absolute Gasteiger partial charge is 0.0900 e. The second-order valence-electron chi connectivity index (χ2n) is 3.90. The van der Waals surface area contributed by atoms with Gasteiger partial charge in [0.1, 0.15) is 0 Å². The highest BCUT2D eigenvalue weighted by atomic mass is 32.1. The molecule has 72 valence electrons. The molecule has 2 N–H and O–H groups in total. The van der Waals surface area contributed by atoms with Crippen molar-refractivity contribution in [1.29, 1.82) is 0 Å². The Kier molecular flexibility index (Phi) is 2.39. The van der Waals surface area contributed by atoms with Crippen molar-refractivity contribution in [2.75, 3.05) is 0 Å². The first kappa shape index (κ1) is 9.16. The van der Waals surface area contributed by atoms with Crippen molar-refractivity contribution < 1.29 is 0 Å². The monoisotopic (exact) mass is 196 g/mol. The number of aryl methyl sites for hydroxylation is 2. The number of hydrogen-bond acceptors (Lipinski definition) is 3. The summed E-state index contributed by atoms with van der Waals surface area (Å²) in [7, 11) is 0. The Hall–Kier alpha value is -0.410. The van der Waals surface area contributed by atoms with Crippen molar-refractivity contribution in [3.63, 3.8) is 0 Å². The highest BCUT2D eigenvalue weighted by Crippen LogP contribution is 2.38. The minimum absolute atomic E-state index is 0.250. The zero-order valence-electron chi connectivity index (χ0n) is 8.21. The standard InChI is InChI=1S/C10H16N2S/c1-6-10(13-7(2)12-6)9(11)8-4-3-5-8/h8-9H,3-5,11H2,1-2H3. The van der Waals surface area contributed by atoms with Crippen LogP contribution in [0.4, 0.5) is 0 Å². The van der Waals surface area contributed by atoms with E-state index < -0.39 is 0 Å². The zero-order valence-corrected chi connectivity index (χ0v) is 9.03. The summed E-state index contributed by atoms with van der Waals surface area (Å²) in [5, 5.41) is 1.14. The van der Waals surface area contributed by atoms with Gasteiger partial charge in [-0.3, -0.25) is 0 Å². The molecule has 1 saturated carbocycles. The fourth-order valence-electron chi connectivity index (χ4n) is 1.87. The van der Waals surface area contributed by atoms with Crippen LogP contribution in [-0.4, -0.2) is 4.98 Å². The molecular formula is C10H16N2S. The predicted octanol–water partition coefficient (Wildman–Crippen LogP) is 2.56. The Morgan fingerprint density at radius 1 is 1.46 bits per heavy atom. The lowest BCUT2D eigenvalue weighted by molar-refractivity contribution is 0.266. The van der Waals surface area contributed by atoms with Gasteiger partial charge < -0.3 is 5.73 Å². The van der Waals surface area contributed by atoms with E-state index in [1.807, 2.05) is 0 Å². The Bertz CT molecular complexity index is 302. The molecular weight excluding hydrogens is 180 g/mol. The lowest BCUT2D eigenvalue weighted by Crippen LogP contribution is -2.26. The van der Waals surface area contributed by atoms with Gasteiger partial charge in [0.25, 0.3) is 0 Å². The molecule has 0 aromatic carbocycles. The molecule has 2 rings (SSSR count). The molecule has 1 heterocycles. The Morgan fingerprint density at radius 3 is 2.54 bits per heavy atom. The van der Waals surface area contributed by atoms with Gasteiger partial charge in [0, 0.05) is 10.9 Å². The predicted molar refractivity (Wildman–Crippen MR) is 55.9 cm³/mol. The van der Waals surface area contributed by atoms with Crippen LogP contribution in [0.3, 0.4) is 0 Å². The van der Waals surface area contributed by atoms with Gasteiger partial charge in [-0.15, -0.1) is 11.3 Å². The lowest BCUT2D eigenvalue weighted by atomic mass is 9.79. The minimum Gasteiger partial charge on any atom is -0.323 e. The molecule has 0 amide bonds. The van der Waals surface area contributed by atoms with E-state index in [-0.39, 0.29) is 6.04 Å². The van der Waals surface area contributed by atoms with Crippen LogP contribution in [0.2, 0.25) is 0 Å². The summed E-state index contributed by atoms with van der Waals surface area (Å²) >= 11 is 1.76. The number of thiazole rings is 1. The van der Waals surface area contributed by atoms with Crippen molar-refractivity contribution in [2.45, 2.75) is 39.2 Å². The van der Waals surface area contributed by atoms with E-state index in [1.165, 1.54) is 24.1 Å². The first-order chi connectivity index (χ1) is 6.18. The Morgan fingerprint density at radius 2 is 2.15 bits per heavy atom. The van der Waals surface area contributed by atoms with Crippen LogP contribution in [0.25, 0.3) is 0 Å². The summed E-state index contributed by atoms with van der Waals surface area (Å²) in [6.45, 7) is 4.12. The fourth-order valence-corrected chi connectivity index (χ4v) is 2.89. The number of nitrogens with two attached hydrogens (primary N) is 1. The molecule has 0 aliphatic heterocycles. The average molecular weight is 196 g/mol. The molecule has 1 aromatic heterocycles. The van der Waals surface area contributed by atoms with E-state index in [0.29, 0.717) is 0 Å². The number of rotatable bonds is 2. The maximum Gasteiger partial charge on any atom is 0.0900 e. The van der Waals surface area contributed by atoms with E-state index in [2.05, 4.69) is 18.8 Å². The van der Waals surface area contributed by atoms with Crippen LogP contribution in [0.15, 0.2) is 0 Å². The fraction of sp³-hybridized carbons (Fsp3) is 0.700. The van der Waals surface area contributed by atoms with Crippen molar-refractivity contribution in [2.24, 2.45) is 11.7 Å². The Balaban J connectivity index is 2.18. The molecule has 1 aromatic rings. The molecule has 1 aliphatic carbocycles. The summed E-state index contributed by atoms with van der Waals surface area (Å²) in [6, 6.07) is 0.250. The normalized spacial score (nSPS) is 19.9. The summed E-state index contributed by atoms with van der Waals surface area (Å²) in [6.07, 6.45) is 3.96. The summed E-state index contributed by atoms with van der Waals surface area (Å²) < 4.78 is 0. The molecule has 3 heteroatoms. The van der Waals surface area contributed by atoms with E-state index in [0.717, 1.165) is 16.6 Å². The van der Waals surface area contributed by atoms with Crippen molar-refractivity contribution in [3.8, 4) is 0 Å². The second-order valence-corrected chi connectivity index (χ2v) is 5.13. The third-order valence-electron chi connectivity index (χ3n) is 2.90. The van der Waals surface area contributed by atoms with Crippen LogP contribution < -0.4 is 5.73 Å². The van der Waals surface area contributed by atoms with Gasteiger partial charge >= 0.3 is 0 Å². The first-order valence-corrected chi connectivity index (χ1v) is 5.69. The van der Waals surface area contributed by atoms with Crippen molar-refractivity contribution in [1.82, 2.24) is 4.98 Å². The van der Waals surface area contributed by atoms with Crippen LogP contribution in [-0.2, 0) is 0 Å². The largest absolute Gasteiger partial charge is 0.323 e. The number of aromatic nitrogens is 1. The molecule has 1 unspecified atom stereocenters. The third kappa shape index (κ3) is 1.63. The summed E-state index contributed by atoms with van der Waals surface area (Å²) in [5.41, 5.74) is 7.33. The molecule has 2 nitrogen and oxygen atoms in total. The summed E-state index contributed by atoms with van der Waals surface area (Å²) in [4.78, 5) is 5.72. The maximum absolute atomic E-state index is 6.18. The van der Waals surface area contributed by atoms with E-state index in [9.17, 15) is 0 Å². The average Bonchev–Trinajstić information content (AvgIpc) is 2.26. The van der Waals surface area contributed by atoms with Crippen molar-refractivity contribution in [3.05, 3.63) is 15.6 Å².